The van der Waals surface area contributed by atoms with Crippen LogP contribution in [-0.4, -0.2) is 29.3 Å². The van der Waals surface area contributed by atoms with Gasteiger partial charge in [-0.05, 0) is 55.0 Å². The molecule has 0 saturated heterocycles. The molecule has 27 heavy (non-hydrogen) atoms. The summed E-state index contributed by atoms with van der Waals surface area (Å²) >= 11 is 6.30. The number of phenolic OH excluding ortho intramolecular Hbond substituents is 1. The fraction of sp³-hybridized carbons (Fsp3) is 0.364. The number of aliphatic imine (C=N–C) groups is 1. The third-order valence-electron chi connectivity index (χ3n) is 5.18. The van der Waals surface area contributed by atoms with E-state index in [4.69, 9.17) is 16.6 Å². The third kappa shape index (κ3) is 3.59. The highest BCUT2D eigenvalue weighted by Gasteiger charge is 2.36. The summed E-state index contributed by atoms with van der Waals surface area (Å²) in [4.78, 5) is 20.2. The van der Waals surface area contributed by atoms with Gasteiger partial charge in [-0.2, -0.15) is 0 Å². The quantitative estimate of drug-likeness (QED) is 0.835. The van der Waals surface area contributed by atoms with E-state index < -0.39 is 6.04 Å². The van der Waals surface area contributed by atoms with Crippen molar-refractivity contribution in [3.63, 3.8) is 0 Å². The molecule has 1 aliphatic heterocycles. The van der Waals surface area contributed by atoms with Crippen molar-refractivity contribution < 1.29 is 9.90 Å². The molecule has 0 aromatic heterocycles. The number of hydrogen-bond donors (Lipinski definition) is 1. The van der Waals surface area contributed by atoms with Crippen LogP contribution in [0.4, 0.5) is 5.69 Å². The molecule has 1 aliphatic carbocycles. The summed E-state index contributed by atoms with van der Waals surface area (Å²) in [6, 6.07) is 12.2. The number of amides is 1. The molecule has 1 heterocycles. The number of phenols is 1. The maximum atomic E-state index is 13.4. The van der Waals surface area contributed by atoms with E-state index in [0.717, 1.165) is 35.4 Å². The lowest BCUT2D eigenvalue weighted by Gasteiger charge is -2.26. The van der Waals surface area contributed by atoms with Crippen LogP contribution in [0.5, 0.6) is 5.75 Å². The lowest BCUT2D eigenvalue weighted by molar-refractivity contribution is -0.120. The molecule has 1 N–H and O–H groups in total. The minimum atomic E-state index is -0.465. The number of halogens is 1. The van der Waals surface area contributed by atoms with Crippen molar-refractivity contribution >= 4 is 28.9 Å². The number of nitrogens with zero attached hydrogens (tertiary/aromatic N) is 2. The highest BCUT2D eigenvalue weighted by Crippen LogP contribution is 2.37. The van der Waals surface area contributed by atoms with Gasteiger partial charge in [-0.25, -0.2) is 0 Å². The fourth-order valence-electron chi connectivity index (χ4n) is 3.54. The number of benzene rings is 2. The molecule has 4 rings (SSSR count). The Morgan fingerprint density at radius 3 is 2.67 bits per heavy atom. The second-order valence-electron chi connectivity index (χ2n) is 7.77. The average Bonchev–Trinajstić information content (AvgIpc) is 3.45. The summed E-state index contributed by atoms with van der Waals surface area (Å²) in [5.41, 5.74) is 3.21. The third-order valence-corrected chi connectivity index (χ3v) is 5.42. The zero-order valence-corrected chi connectivity index (χ0v) is 16.3. The predicted octanol–water partition coefficient (Wildman–Crippen LogP) is 4.66. The number of carbonyl (C=O) groups is 1. The van der Waals surface area contributed by atoms with Gasteiger partial charge in [-0.3, -0.25) is 9.79 Å². The molecule has 0 radical (unpaired) electrons. The highest BCUT2D eigenvalue weighted by atomic mass is 35.5. The molecule has 1 unspecified atom stereocenters. The fourth-order valence-corrected chi connectivity index (χ4v) is 3.70. The first-order chi connectivity index (χ1) is 12.9. The molecule has 1 atom stereocenters. The lowest BCUT2D eigenvalue weighted by atomic mass is 9.99. The van der Waals surface area contributed by atoms with E-state index in [0.29, 0.717) is 17.5 Å². The Bertz CT molecular complexity index is 918. The zero-order valence-electron chi connectivity index (χ0n) is 15.5. The Hall–Kier alpha value is -2.33. The van der Waals surface area contributed by atoms with Gasteiger partial charge in [0.05, 0.1) is 11.4 Å². The number of benzodiazepines with no additional fused rings is 1. The first-order valence-corrected chi connectivity index (χ1v) is 9.80. The predicted molar refractivity (Wildman–Crippen MR) is 109 cm³/mol. The van der Waals surface area contributed by atoms with Gasteiger partial charge < -0.3 is 10.0 Å². The van der Waals surface area contributed by atoms with Crippen molar-refractivity contribution in [1.82, 2.24) is 0 Å². The first kappa shape index (κ1) is 18.1. The van der Waals surface area contributed by atoms with E-state index in [9.17, 15) is 9.90 Å². The van der Waals surface area contributed by atoms with Gasteiger partial charge in [-0.1, -0.05) is 37.6 Å². The molecular formula is C22H23ClN2O2. The van der Waals surface area contributed by atoms with Crippen LogP contribution >= 0.6 is 11.6 Å². The maximum absolute atomic E-state index is 13.4. The molecule has 1 amide bonds. The van der Waals surface area contributed by atoms with Gasteiger partial charge in [0.15, 0.2) is 0 Å². The van der Waals surface area contributed by atoms with Crippen LogP contribution in [0.2, 0.25) is 5.02 Å². The normalized spacial score (nSPS) is 19.7. The van der Waals surface area contributed by atoms with Gasteiger partial charge in [-0.15, -0.1) is 0 Å². The van der Waals surface area contributed by atoms with Crippen LogP contribution in [0.1, 0.15) is 37.8 Å². The smallest absolute Gasteiger partial charge is 0.252 e. The first-order valence-electron chi connectivity index (χ1n) is 9.42. The molecule has 2 aliphatic rings. The summed E-state index contributed by atoms with van der Waals surface area (Å²) in [6.07, 6.45) is 2.32. The SMILES string of the molecule is CC(C)C1N=C(c2cccc(O)c2)c2ccc(Cl)cc2N(CC2CC2)C1=O. The van der Waals surface area contributed by atoms with Crippen LogP contribution in [0.15, 0.2) is 47.5 Å². The van der Waals surface area contributed by atoms with Crippen molar-refractivity contribution in [2.75, 3.05) is 11.4 Å². The molecule has 2 aromatic carbocycles. The minimum absolute atomic E-state index is 0.0237. The number of carbonyl (C=O) groups excluding carboxylic acids is 1. The summed E-state index contributed by atoms with van der Waals surface area (Å²) < 4.78 is 0. The van der Waals surface area contributed by atoms with Crippen LogP contribution < -0.4 is 4.90 Å². The van der Waals surface area contributed by atoms with Gasteiger partial charge in [0.1, 0.15) is 11.8 Å². The van der Waals surface area contributed by atoms with E-state index in [-0.39, 0.29) is 17.6 Å². The van der Waals surface area contributed by atoms with Crippen molar-refractivity contribution in [2.24, 2.45) is 16.8 Å². The van der Waals surface area contributed by atoms with E-state index in [1.54, 1.807) is 18.2 Å². The number of anilines is 1. The molecule has 140 valence electrons. The van der Waals surface area contributed by atoms with E-state index in [1.807, 2.05) is 43.0 Å². The molecule has 4 nitrogen and oxygen atoms in total. The largest absolute Gasteiger partial charge is 0.508 e. The van der Waals surface area contributed by atoms with Crippen LogP contribution in [0.3, 0.4) is 0 Å². The summed E-state index contributed by atoms with van der Waals surface area (Å²) in [5.74, 6) is 0.819. The van der Waals surface area contributed by atoms with Gasteiger partial charge in [0.2, 0.25) is 0 Å². The van der Waals surface area contributed by atoms with Crippen LogP contribution in [0.25, 0.3) is 0 Å². The lowest BCUT2D eigenvalue weighted by Crippen LogP contribution is -2.41. The van der Waals surface area contributed by atoms with E-state index >= 15 is 0 Å². The molecule has 1 fully saturated rings. The van der Waals surface area contributed by atoms with Gasteiger partial charge in [0.25, 0.3) is 5.91 Å². The number of fused-ring (bicyclic) bond motifs is 1. The zero-order chi connectivity index (χ0) is 19.1. The van der Waals surface area contributed by atoms with Gasteiger partial charge >= 0.3 is 0 Å². The monoisotopic (exact) mass is 382 g/mol. The maximum Gasteiger partial charge on any atom is 0.252 e. The molecular weight excluding hydrogens is 360 g/mol. The number of hydrogen-bond acceptors (Lipinski definition) is 3. The molecule has 0 bridgehead atoms. The molecule has 2 aromatic rings. The Morgan fingerprint density at radius 1 is 1.22 bits per heavy atom. The highest BCUT2D eigenvalue weighted by molar-refractivity contribution is 6.31. The Morgan fingerprint density at radius 2 is 2.00 bits per heavy atom. The molecule has 1 saturated carbocycles. The summed E-state index contributed by atoms with van der Waals surface area (Å²) in [5, 5.41) is 10.6. The Kier molecular flexibility index (Phi) is 4.68. The second kappa shape index (κ2) is 7.01. The molecule has 5 heteroatoms. The van der Waals surface area contributed by atoms with E-state index in [1.165, 1.54) is 0 Å². The number of aromatic hydroxyl groups is 1. The summed E-state index contributed by atoms with van der Waals surface area (Å²) in [6.45, 7) is 4.74. The standard InChI is InChI=1S/C22H23ClN2O2/c1-13(2)20-22(27)25(12-14-6-7-14)19-11-16(23)8-9-18(19)21(24-20)15-4-3-5-17(26)10-15/h3-5,8-11,13-14,20,26H,6-7,12H2,1-2H3. The van der Waals surface area contributed by atoms with Crippen LogP contribution in [-0.2, 0) is 4.79 Å². The van der Waals surface area contributed by atoms with Crippen molar-refractivity contribution in [2.45, 2.75) is 32.7 Å². The van der Waals surface area contributed by atoms with Crippen molar-refractivity contribution in [3.8, 4) is 5.75 Å². The average molecular weight is 383 g/mol. The van der Waals surface area contributed by atoms with E-state index in [2.05, 4.69) is 0 Å². The minimum Gasteiger partial charge on any atom is -0.508 e. The Labute approximate surface area is 164 Å². The summed E-state index contributed by atoms with van der Waals surface area (Å²) in [7, 11) is 0. The van der Waals surface area contributed by atoms with Crippen molar-refractivity contribution in [1.29, 1.82) is 0 Å². The second-order valence-corrected chi connectivity index (χ2v) is 8.21. The number of rotatable bonds is 4. The molecule has 0 spiro atoms. The van der Waals surface area contributed by atoms with Crippen LogP contribution in [0, 0.1) is 11.8 Å². The van der Waals surface area contributed by atoms with Crippen molar-refractivity contribution in [3.05, 3.63) is 58.6 Å². The Balaban J connectivity index is 1.92. The topological polar surface area (TPSA) is 52.9 Å². The van der Waals surface area contributed by atoms with Gasteiger partial charge in [0, 0.05) is 22.7 Å².